The number of hydrogen-bond donors (Lipinski definition) is 2. The Morgan fingerprint density at radius 2 is 1.63 bits per heavy atom. The minimum absolute atomic E-state index is 0.202. The molecule has 3 aromatic rings. The molecule has 6 nitrogen and oxygen atoms in total. The normalized spacial score (nSPS) is 11.9. The molecule has 2 N–H and O–H groups in total. The number of hydrazone groups is 1. The Morgan fingerprint density at radius 3 is 2.26 bits per heavy atom. The molecule has 0 heterocycles. The van der Waals surface area contributed by atoms with Crippen LogP contribution in [-0.4, -0.2) is 24.1 Å². The minimum Gasteiger partial charge on any atom is -0.489 e. The molecule has 2 amide bonds. The lowest BCUT2D eigenvalue weighted by Gasteiger charge is -2.19. The van der Waals surface area contributed by atoms with E-state index in [0.717, 1.165) is 16.9 Å². The van der Waals surface area contributed by atoms with E-state index in [-0.39, 0.29) is 17.7 Å². The minimum atomic E-state index is -0.715. The van der Waals surface area contributed by atoms with Crippen LogP contribution >= 0.6 is 11.6 Å². The quantitative estimate of drug-likeness (QED) is 0.289. The van der Waals surface area contributed by atoms with E-state index in [0.29, 0.717) is 23.6 Å². The van der Waals surface area contributed by atoms with Crippen molar-refractivity contribution in [3.05, 3.63) is 100 Å². The van der Waals surface area contributed by atoms with Gasteiger partial charge in [-0.1, -0.05) is 55.3 Å². The van der Waals surface area contributed by atoms with Crippen molar-refractivity contribution in [2.75, 3.05) is 0 Å². The molecule has 0 saturated heterocycles. The second-order valence-electron chi connectivity index (χ2n) is 8.74. The van der Waals surface area contributed by atoms with Crippen molar-refractivity contribution >= 4 is 29.6 Å². The molecule has 0 bridgehead atoms. The van der Waals surface area contributed by atoms with Gasteiger partial charge in [0.15, 0.2) is 0 Å². The summed E-state index contributed by atoms with van der Waals surface area (Å²) in [5.41, 5.74) is 6.08. The summed E-state index contributed by atoms with van der Waals surface area (Å²) in [6.45, 7) is 6.51. The van der Waals surface area contributed by atoms with Crippen molar-refractivity contribution in [1.29, 1.82) is 0 Å². The fraction of sp³-hybridized carbons (Fsp3) is 0.250. The van der Waals surface area contributed by atoms with Crippen molar-refractivity contribution in [2.45, 2.75) is 39.8 Å². The Hall–Kier alpha value is -3.64. The summed E-state index contributed by atoms with van der Waals surface area (Å²) in [5, 5.41) is 7.38. The molecular weight excluding hydrogens is 462 g/mol. The highest BCUT2D eigenvalue weighted by Gasteiger charge is 2.22. The van der Waals surface area contributed by atoms with Gasteiger partial charge in [0.25, 0.3) is 11.8 Å². The van der Waals surface area contributed by atoms with Crippen molar-refractivity contribution in [3.63, 3.8) is 0 Å². The van der Waals surface area contributed by atoms with Gasteiger partial charge in [-0.25, -0.2) is 5.43 Å². The van der Waals surface area contributed by atoms with Crippen LogP contribution in [0.4, 0.5) is 0 Å². The summed E-state index contributed by atoms with van der Waals surface area (Å²) in [6, 6.07) is 21.4. The zero-order valence-electron chi connectivity index (χ0n) is 20.1. The number of benzene rings is 3. The molecule has 0 aliphatic heterocycles. The average molecular weight is 492 g/mol. The first-order valence-electron chi connectivity index (χ1n) is 11.5. The van der Waals surface area contributed by atoms with E-state index in [2.05, 4.69) is 34.9 Å². The predicted octanol–water partition coefficient (Wildman–Crippen LogP) is 5.52. The molecule has 0 aliphatic carbocycles. The number of carbonyl (C=O) groups excluding carboxylic acids is 2. The van der Waals surface area contributed by atoms with Gasteiger partial charge in [-0.3, -0.25) is 9.59 Å². The highest BCUT2D eigenvalue weighted by Crippen LogP contribution is 2.14. The molecule has 0 radical (unpaired) electrons. The van der Waals surface area contributed by atoms with Gasteiger partial charge in [0, 0.05) is 10.6 Å². The van der Waals surface area contributed by atoms with Crippen LogP contribution in [0.3, 0.4) is 0 Å². The first-order valence-corrected chi connectivity index (χ1v) is 11.9. The van der Waals surface area contributed by atoms with Crippen LogP contribution in [0.5, 0.6) is 5.75 Å². The van der Waals surface area contributed by atoms with E-state index in [1.54, 1.807) is 30.5 Å². The van der Waals surface area contributed by atoms with E-state index in [9.17, 15) is 9.59 Å². The number of aryl methyl sites for hydroxylation is 1. The Kier molecular flexibility index (Phi) is 9.44. The second kappa shape index (κ2) is 12.7. The van der Waals surface area contributed by atoms with Crippen LogP contribution in [0, 0.1) is 12.8 Å². The standard InChI is InChI=1S/C28H30ClN3O3/c1-19(2)16-26(31-27(33)23-10-12-24(29)13-11-23)28(34)32-30-17-21-8-14-25(15-9-21)35-18-22-6-4-20(3)5-7-22/h4-15,17,19,26H,16,18H2,1-3H3,(H,31,33)(H,32,34). The lowest BCUT2D eigenvalue weighted by molar-refractivity contribution is -0.123. The van der Waals surface area contributed by atoms with E-state index in [1.807, 2.05) is 50.2 Å². The second-order valence-corrected chi connectivity index (χ2v) is 9.18. The smallest absolute Gasteiger partial charge is 0.262 e. The largest absolute Gasteiger partial charge is 0.489 e. The summed E-state index contributed by atoms with van der Waals surface area (Å²) >= 11 is 5.88. The van der Waals surface area contributed by atoms with Gasteiger partial charge in [-0.15, -0.1) is 0 Å². The first kappa shape index (κ1) is 26.0. The maximum atomic E-state index is 12.7. The number of nitrogens with zero attached hydrogens (tertiary/aromatic N) is 1. The van der Waals surface area contributed by atoms with Crippen LogP contribution in [-0.2, 0) is 11.4 Å². The number of ether oxygens (including phenoxy) is 1. The molecule has 35 heavy (non-hydrogen) atoms. The third-order valence-corrected chi connectivity index (χ3v) is 5.48. The molecular formula is C28H30ClN3O3. The lowest BCUT2D eigenvalue weighted by atomic mass is 10.0. The van der Waals surface area contributed by atoms with Gasteiger partial charge in [0.1, 0.15) is 18.4 Å². The van der Waals surface area contributed by atoms with Gasteiger partial charge in [-0.2, -0.15) is 5.10 Å². The predicted molar refractivity (Wildman–Crippen MR) is 140 cm³/mol. The zero-order chi connectivity index (χ0) is 25.2. The van der Waals surface area contributed by atoms with Gasteiger partial charge in [0.2, 0.25) is 0 Å². The highest BCUT2D eigenvalue weighted by atomic mass is 35.5. The van der Waals surface area contributed by atoms with Crippen LogP contribution in [0.1, 0.15) is 47.3 Å². The summed E-state index contributed by atoms with van der Waals surface area (Å²) in [4.78, 5) is 25.3. The third-order valence-electron chi connectivity index (χ3n) is 5.23. The number of amides is 2. The molecule has 0 saturated carbocycles. The Labute approximate surface area is 211 Å². The molecule has 0 spiro atoms. The molecule has 3 aromatic carbocycles. The number of halogens is 1. The SMILES string of the molecule is Cc1ccc(COc2ccc(C=NNC(=O)C(CC(C)C)NC(=O)c3ccc(Cl)cc3)cc2)cc1. The number of hydrogen-bond acceptors (Lipinski definition) is 4. The first-order chi connectivity index (χ1) is 16.8. The fourth-order valence-corrected chi connectivity index (χ4v) is 3.42. The van der Waals surface area contributed by atoms with Crippen LogP contribution in [0.2, 0.25) is 5.02 Å². The Bertz CT molecular complexity index is 1140. The van der Waals surface area contributed by atoms with Crippen molar-refractivity contribution in [2.24, 2.45) is 11.0 Å². The molecule has 182 valence electrons. The number of nitrogens with one attached hydrogen (secondary N) is 2. The fourth-order valence-electron chi connectivity index (χ4n) is 3.30. The van der Waals surface area contributed by atoms with Crippen molar-refractivity contribution < 1.29 is 14.3 Å². The molecule has 1 atom stereocenters. The summed E-state index contributed by atoms with van der Waals surface area (Å²) in [6.07, 6.45) is 2.03. The zero-order valence-corrected chi connectivity index (χ0v) is 20.9. The maximum absolute atomic E-state index is 12.7. The van der Waals surface area contributed by atoms with Gasteiger partial charge >= 0.3 is 0 Å². The molecule has 1 unspecified atom stereocenters. The Balaban J connectivity index is 1.53. The van der Waals surface area contributed by atoms with Crippen molar-refractivity contribution in [1.82, 2.24) is 10.7 Å². The summed E-state index contributed by atoms with van der Waals surface area (Å²) in [5.74, 6) is 0.226. The number of carbonyl (C=O) groups is 2. The van der Waals surface area contributed by atoms with E-state index in [1.165, 1.54) is 5.56 Å². The highest BCUT2D eigenvalue weighted by molar-refractivity contribution is 6.30. The Morgan fingerprint density at radius 1 is 0.971 bits per heavy atom. The summed E-state index contributed by atoms with van der Waals surface area (Å²) in [7, 11) is 0. The van der Waals surface area contributed by atoms with Crippen LogP contribution in [0.25, 0.3) is 0 Å². The van der Waals surface area contributed by atoms with E-state index < -0.39 is 6.04 Å². The lowest BCUT2D eigenvalue weighted by Crippen LogP contribution is -2.46. The monoisotopic (exact) mass is 491 g/mol. The molecule has 0 fully saturated rings. The molecule has 0 aromatic heterocycles. The summed E-state index contributed by atoms with van der Waals surface area (Å²) < 4.78 is 5.82. The average Bonchev–Trinajstić information content (AvgIpc) is 2.84. The van der Waals surface area contributed by atoms with Crippen molar-refractivity contribution in [3.8, 4) is 5.75 Å². The van der Waals surface area contributed by atoms with Gasteiger partial charge < -0.3 is 10.1 Å². The van der Waals surface area contributed by atoms with Crippen LogP contribution in [0.15, 0.2) is 77.9 Å². The van der Waals surface area contributed by atoms with Gasteiger partial charge in [-0.05, 0) is 78.9 Å². The van der Waals surface area contributed by atoms with E-state index in [4.69, 9.17) is 16.3 Å². The topological polar surface area (TPSA) is 79.8 Å². The molecule has 3 rings (SSSR count). The van der Waals surface area contributed by atoms with Gasteiger partial charge in [0.05, 0.1) is 6.21 Å². The molecule has 0 aliphatic rings. The third kappa shape index (κ3) is 8.58. The van der Waals surface area contributed by atoms with E-state index >= 15 is 0 Å². The number of rotatable bonds is 10. The molecule has 7 heteroatoms. The van der Waals surface area contributed by atoms with Crippen LogP contribution < -0.4 is 15.5 Å². The maximum Gasteiger partial charge on any atom is 0.262 e.